The highest BCUT2D eigenvalue weighted by Crippen LogP contribution is 2.31. The molecule has 0 spiro atoms. The second-order valence-corrected chi connectivity index (χ2v) is 8.87. The zero-order valence-electron chi connectivity index (χ0n) is 15.8. The Labute approximate surface area is 173 Å². The number of aryl methyl sites for hydroxylation is 1. The first kappa shape index (κ1) is 20.8. The third-order valence-electron chi connectivity index (χ3n) is 4.32. The Kier molecular flexibility index (Phi) is 6.21. The summed E-state index contributed by atoms with van der Waals surface area (Å²) in [6.45, 7) is 1.68. The number of hydroxylamine groups is 1. The number of sulfonamides is 1. The van der Waals surface area contributed by atoms with Crippen molar-refractivity contribution in [2.45, 2.75) is 18.2 Å². The van der Waals surface area contributed by atoms with Crippen LogP contribution in [-0.4, -0.2) is 26.6 Å². The molecule has 3 rings (SSSR count). The van der Waals surface area contributed by atoms with Gasteiger partial charge in [0.15, 0.2) is 0 Å². The highest BCUT2D eigenvalue weighted by Gasteiger charge is 2.23. The molecule has 0 radical (unpaired) electrons. The lowest BCUT2D eigenvalue weighted by atomic mass is 10.0. The fourth-order valence-electron chi connectivity index (χ4n) is 2.86. The third kappa shape index (κ3) is 4.58. The minimum atomic E-state index is -3.97. The Morgan fingerprint density at radius 1 is 1.17 bits per heavy atom. The first-order valence-corrected chi connectivity index (χ1v) is 11.0. The third-order valence-corrected chi connectivity index (χ3v) is 6.76. The average Bonchev–Trinajstić information content (AvgIpc) is 3.08. The van der Waals surface area contributed by atoms with Crippen molar-refractivity contribution in [1.82, 2.24) is 5.48 Å². The number of hydrogen-bond donors (Lipinski definition) is 3. The van der Waals surface area contributed by atoms with Crippen molar-refractivity contribution in [2.75, 3.05) is 11.8 Å². The van der Waals surface area contributed by atoms with Crippen molar-refractivity contribution < 1.29 is 23.2 Å². The summed E-state index contributed by atoms with van der Waals surface area (Å²) in [5, 5.41) is 10.5. The fourth-order valence-corrected chi connectivity index (χ4v) is 5.01. The van der Waals surface area contributed by atoms with Gasteiger partial charge in [0.1, 0.15) is 10.6 Å². The van der Waals surface area contributed by atoms with E-state index in [4.69, 9.17) is 9.94 Å². The van der Waals surface area contributed by atoms with Crippen molar-refractivity contribution in [3.63, 3.8) is 0 Å². The molecule has 0 aliphatic rings. The van der Waals surface area contributed by atoms with Crippen LogP contribution in [0, 0.1) is 6.92 Å². The van der Waals surface area contributed by atoms with Gasteiger partial charge in [-0.05, 0) is 47.2 Å². The van der Waals surface area contributed by atoms with Crippen molar-refractivity contribution in [2.24, 2.45) is 0 Å². The number of methoxy groups -OCH3 is 1. The number of benzene rings is 2. The average molecular weight is 433 g/mol. The molecule has 3 N–H and O–H groups in total. The molecular formula is C20H20N2O5S2. The molecule has 152 valence electrons. The number of amides is 1. The minimum absolute atomic E-state index is 0.0465. The van der Waals surface area contributed by atoms with Gasteiger partial charge in [0.25, 0.3) is 15.9 Å². The molecule has 29 heavy (non-hydrogen) atoms. The molecule has 0 saturated carbocycles. The molecular weight excluding hydrogens is 412 g/mol. The van der Waals surface area contributed by atoms with Gasteiger partial charge in [0.05, 0.1) is 17.7 Å². The number of carbonyl (C=O) groups is 1. The molecule has 0 unspecified atom stereocenters. The van der Waals surface area contributed by atoms with Gasteiger partial charge >= 0.3 is 0 Å². The lowest BCUT2D eigenvalue weighted by Crippen LogP contribution is -2.21. The van der Waals surface area contributed by atoms with E-state index in [0.717, 1.165) is 22.5 Å². The summed E-state index contributed by atoms with van der Waals surface area (Å²) >= 11 is 1.04. The maximum absolute atomic E-state index is 13.0. The Morgan fingerprint density at radius 2 is 1.90 bits per heavy atom. The highest BCUT2D eigenvalue weighted by molar-refractivity contribution is 7.92. The molecule has 0 aliphatic heterocycles. The largest absolute Gasteiger partial charge is 0.496 e. The number of carbonyl (C=O) groups excluding carboxylic acids is 1. The van der Waals surface area contributed by atoms with Crippen molar-refractivity contribution in [3.8, 4) is 5.75 Å². The fraction of sp³-hybridized carbons (Fsp3) is 0.150. The molecule has 0 fully saturated rings. The Bertz CT molecular complexity index is 1130. The molecule has 1 heterocycles. The zero-order valence-corrected chi connectivity index (χ0v) is 17.4. The summed E-state index contributed by atoms with van der Waals surface area (Å²) in [5.41, 5.74) is 3.99. The van der Waals surface area contributed by atoms with Crippen LogP contribution >= 0.6 is 11.3 Å². The van der Waals surface area contributed by atoms with Gasteiger partial charge in [0.2, 0.25) is 0 Å². The van der Waals surface area contributed by atoms with Gasteiger partial charge in [-0.3, -0.25) is 14.7 Å². The topological polar surface area (TPSA) is 105 Å². The van der Waals surface area contributed by atoms with E-state index in [-0.39, 0.29) is 15.5 Å². The van der Waals surface area contributed by atoms with Gasteiger partial charge in [0, 0.05) is 6.42 Å². The highest BCUT2D eigenvalue weighted by atomic mass is 32.2. The summed E-state index contributed by atoms with van der Waals surface area (Å²) in [5.74, 6) is -0.194. The van der Waals surface area contributed by atoms with E-state index < -0.39 is 15.9 Å². The van der Waals surface area contributed by atoms with Gasteiger partial charge in [-0.2, -0.15) is 0 Å². The summed E-state index contributed by atoms with van der Waals surface area (Å²) < 4.78 is 33.8. The predicted molar refractivity (Wildman–Crippen MR) is 111 cm³/mol. The maximum atomic E-state index is 13.0. The van der Waals surface area contributed by atoms with Gasteiger partial charge in [-0.15, -0.1) is 11.3 Å². The van der Waals surface area contributed by atoms with Crippen LogP contribution in [0.3, 0.4) is 0 Å². The standard InChI is InChI=1S/C20H20N2O5S2/c1-13-12-28-19(20(23)21-24)18(13)22-29(25,26)16-8-9-17(27-2)15(11-16)10-14-6-4-3-5-7-14/h3-9,11-12,22,24H,10H2,1-2H3,(H,21,23). The molecule has 9 heteroatoms. The van der Waals surface area contributed by atoms with E-state index in [1.165, 1.54) is 18.7 Å². The van der Waals surface area contributed by atoms with E-state index in [0.29, 0.717) is 17.7 Å². The summed E-state index contributed by atoms with van der Waals surface area (Å²) in [4.78, 5) is 11.9. The summed E-state index contributed by atoms with van der Waals surface area (Å²) in [6.07, 6.45) is 0.503. The second kappa shape index (κ2) is 8.64. The molecule has 2 aromatic carbocycles. The smallest absolute Gasteiger partial charge is 0.286 e. The number of anilines is 1. The number of rotatable bonds is 7. The SMILES string of the molecule is COc1ccc(S(=O)(=O)Nc2c(C)csc2C(=O)NO)cc1Cc1ccccc1. The van der Waals surface area contributed by atoms with Crippen LogP contribution in [0.15, 0.2) is 58.8 Å². The Hall–Kier alpha value is -2.88. The Morgan fingerprint density at radius 3 is 2.55 bits per heavy atom. The molecule has 0 aliphatic carbocycles. The predicted octanol–water partition coefficient (Wildman–Crippen LogP) is 3.58. The van der Waals surface area contributed by atoms with Crippen LogP contribution in [0.5, 0.6) is 5.75 Å². The zero-order chi connectivity index (χ0) is 21.0. The van der Waals surface area contributed by atoms with Gasteiger partial charge in [-0.1, -0.05) is 30.3 Å². The number of nitrogens with one attached hydrogen (secondary N) is 2. The second-order valence-electron chi connectivity index (χ2n) is 6.31. The summed E-state index contributed by atoms with van der Waals surface area (Å²) in [6, 6.07) is 14.3. The first-order chi connectivity index (χ1) is 13.9. The van der Waals surface area contributed by atoms with E-state index in [1.807, 2.05) is 30.3 Å². The lowest BCUT2D eigenvalue weighted by Gasteiger charge is -2.13. The molecule has 7 nitrogen and oxygen atoms in total. The molecule has 0 saturated heterocycles. The Balaban J connectivity index is 1.97. The lowest BCUT2D eigenvalue weighted by molar-refractivity contribution is 0.0712. The minimum Gasteiger partial charge on any atom is -0.496 e. The quantitative estimate of drug-likeness (QED) is 0.391. The molecule has 1 aromatic heterocycles. The molecule has 0 bridgehead atoms. The number of hydrogen-bond acceptors (Lipinski definition) is 6. The van der Waals surface area contributed by atoms with Crippen LogP contribution in [0.25, 0.3) is 0 Å². The van der Waals surface area contributed by atoms with Crippen LogP contribution in [0.4, 0.5) is 5.69 Å². The number of ether oxygens (including phenoxy) is 1. The number of thiophene rings is 1. The maximum Gasteiger partial charge on any atom is 0.286 e. The molecule has 0 atom stereocenters. The molecule has 1 amide bonds. The van der Waals surface area contributed by atoms with E-state index >= 15 is 0 Å². The van der Waals surface area contributed by atoms with Crippen LogP contribution in [-0.2, 0) is 16.4 Å². The van der Waals surface area contributed by atoms with Crippen molar-refractivity contribution in [3.05, 3.63) is 75.5 Å². The van der Waals surface area contributed by atoms with Crippen LogP contribution in [0.2, 0.25) is 0 Å². The first-order valence-electron chi connectivity index (χ1n) is 8.62. The van der Waals surface area contributed by atoms with E-state index in [9.17, 15) is 13.2 Å². The monoisotopic (exact) mass is 432 g/mol. The van der Waals surface area contributed by atoms with Crippen molar-refractivity contribution >= 4 is 33.0 Å². The van der Waals surface area contributed by atoms with Crippen LogP contribution < -0.4 is 14.9 Å². The molecule has 3 aromatic rings. The van der Waals surface area contributed by atoms with E-state index in [2.05, 4.69) is 4.72 Å². The normalized spacial score (nSPS) is 11.1. The van der Waals surface area contributed by atoms with Crippen LogP contribution in [0.1, 0.15) is 26.4 Å². The summed E-state index contributed by atoms with van der Waals surface area (Å²) in [7, 11) is -2.44. The van der Waals surface area contributed by atoms with E-state index in [1.54, 1.807) is 24.4 Å². The van der Waals surface area contributed by atoms with Gasteiger partial charge in [-0.25, -0.2) is 13.9 Å². The van der Waals surface area contributed by atoms with Gasteiger partial charge < -0.3 is 4.74 Å². The van der Waals surface area contributed by atoms with Crippen molar-refractivity contribution in [1.29, 1.82) is 0 Å².